The summed E-state index contributed by atoms with van der Waals surface area (Å²) in [5, 5.41) is 7.27. The molecule has 1 atom stereocenters. The molecule has 1 aromatic heterocycles. The molecule has 0 saturated heterocycles. The molecule has 0 bridgehead atoms. The zero-order chi connectivity index (χ0) is 15.1. The van der Waals surface area contributed by atoms with Crippen LogP contribution in [-0.2, 0) is 4.79 Å². The molecule has 2 aromatic rings. The van der Waals surface area contributed by atoms with Crippen LogP contribution in [0, 0.1) is 0 Å². The highest BCUT2D eigenvalue weighted by Crippen LogP contribution is 2.12. The van der Waals surface area contributed by atoms with Crippen molar-refractivity contribution in [1.82, 2.24) is 10.6 Å². The Hall–Kier alpha value is -2.14. The molecule has 1 aromatic carbocycles. The standard InChI is InChI=1S/C16H18N2O2S/c1-12(13-6-3-2-4-7-13)10-17-15(19)11-18-16(20)14-8-5-9-21-14/h2-9,12H,10-11H2,1H3,(H,17,19)(H,18,20)/t12-/m1/s1. The predicted octanol–water partition coefficient (Wildman–Crippen LogP) is 2.40. The molecular formula is C16H18N2O2S. The van der Waals surface area contributed by atoms with Gasteiger partial charge in [-0.1, -0.05) is 43.3 Å². The summed E-state index contributed by atoms with van der Waals surface area (Å²) in [5.74, 6) is -0.151. The number of rotatable bonds is 6. The molecular weight excluding hydrogens is 284 g/mol. The zero-order valence-electron chi connectivity index (χ0n) is 11.8. The van der Waals surface area contributed by atoms with Gasteiger partial charge in [-0.05, 0) is 22.9 Å². The molecule has 110 valence electrons. The highest BCUT2D eigenvalue weighted by Gasteiger charge is 2.10. The maximum absolute atomic E-state index is 11.7. The van der Waals surface area contributed by atoms with Crippen molar-refractivity contribution in [2.45, 2.75) is 12.8 Å². The molecule has 21 heavy (non-hydrogen) atoms. The second-order valence-electron chi connectivity index (χ2n) is 4.78. The number of nitrogens with one attached hydrogen (secondary N) is 2. The van der Waals surface area contributed by atoms with Crippen LogP contribution in [0.1, 0.15) is 28.1 Å². The lowest BCUT2D eigenvalue weighted by Crippen LogP contribution is -2.38. The van der Waals surface area contributed by atoms with Crippen LogP contribution >= 0.6 is 11.3 Å². The number of hydrogen-bond acceptors (Lipinski definition) is 3. The average molecular weight is 302 g/mol. The van der Waals surface area contributed by atoms with Crippen LogP contribution in [0.2, 0.25) is 0 Å². The third-order valence-electron chi connectivity index (χ3n) is 3.13. The average Bonchev–Trinajstić information content (AvgIpc) is 3.05. The van der Waals surface area contributed by atoms with Gasteiger partial charge in [0.1, 0.15) is 0 Å². The Morgan fingerprint density at radius 1 is 1.10 bits per heavy atom. The van der Waals surface area contributed by atoms with Gasteiger partial charge in [-0.3, -0.25) is 9.59 Å². The Bertz CT molecular complexity index is 582. The first-order chi connectivity index (χ1) is 10.2. The summed E-state index contributed by atoms with van der Waals surface area (Å²) < 4.78 is 0. The Morgan fingerprint density at radius 2 is 1.86 bits per heavy atom. The van der Waals surface area contributed by atoms with Gasteiger partial charge in [-0.15, -0.1) is 11.3 Å². The van der Waals surface area contributed by atoms with Gasteiger partial charge in [0.2, 0.25) is 5.91 Å². The van der Waals surface area contributed by atoms with Gasteiger partial charge in [0.15, 0.2) is 0 Å². The Labute approximate surface area is 128 Å². The summed E-state index contributed by atoms with van der Waals surface area (Å²) >= 11 is 1.35. The molecule has 0 unspecified atom stereocenters. The van der Waals surface area contributed by atoms with Crippen LogP contribution in [0.5, 0.6) is 0 Å². The smallest absolute Gasteiger partial charge is 0.261 e. The SMILES string of the molecule is C[C@H](CNC(=O)CNC(=O)c1cccs1)c1ccccc1. The van der Waals surface area contributed by atoms with Crippen molar-refractivity contribution in [2.24, 2.45) is 0 Å². The molecule has 2 rings (SSSR count). The van der Waals surface area contributed by atoms with Crippen molar-refractivity contribution in [1.29, 1.82) is 0 Å². The normalized spacial score (nSPS) is 11.7. The minimum absolute atomic E-state index is 0.00174. The van der Waals surface area contributed by atoms with E-state index in [2.05, 4.69) is 17.6 Å². The van der Waals surface area contributed by atoms with Crippen molar-refractivity contribution >= 4 is 23.2 Å². The lowest BCUT2D eigenvalue weighted by Gasteiger charge is -2.13. The van der Waals surface area contributed by atoms with E-state index in [1.165, 1.54) is 16.9 Å². The third kappa shape index (κ3) is 4.72. The van der Waals surface area contributed by atoms with Crippen molar-refractivity contribution in [3.05, 3.63) is 58.3 Å². The van der Waals surface area contributed by atoms with Gasteiger partial charge in [0.25, 0.3) is 5.91 Å². The van der Waals surface area contributed by atoms with Gasteiger partial charge in [0.05, 0.1) is 11.4 Å². The number of carbonyl (C=O) groups is 2. The van der Waals surface area contributed by atoms with Gasteiger partial charge in [-0.25, -0.2) is 0 Å². The maximum Gasteiger partial charge on any atom is 0.261 e. The summed E-state index contributed by atoms with van der Waals surface area (Å²) in [6, 6.07) is 13.5. The number of thiophene rings is 1. The Morgan fingerprint density at radius 3 is 2.52 bits per heavy atom. The maximum atomic E-state index is 11.7. The fourth-order valence-electron chi connectivity index (χ4n) is 1.88. The largest absolute Gasteiger partial charge is 0.354 e. The quantitative estimate of drug-likeness (QED) is 0.861. The molecule has 2 N–H and O–H groups in total. The van der Waals surface area contributed by atoms with Gasteiger partial charge < -0.3 is 10.6 Å². The fraction of sp³-hybridized carbons (Fsp3) is 0.250. The second-order valence-corrected chi connectivity index (χ2v) is 5.72. The number of hydrogen-bond donors (Lipinski definition) is 2. The number of amides is 2. The first kappa shape index (κ1) is 15.3. The van der Waals surface area contributed by atoms with E-state index in [4.69, 9.17) is 0 Å². The van der Waals surface area contributed by atoms with Gasteiger partial charge in [-0.2, -0.15) is 0 Å². The van der Waals surface area contributed by atoms with E-state index in [1.54, 1.807) is 12.1 Å². The summed E-state index contributed by atoms with van der Waals surface area (Å²) in [7, 11) is 0. The minimum atomic E-state index is -0.212. The van der Waals surface area contributed by atoms with E-state index in [0.717, 1.165) is 0 Å². The van der Waals surface area contributed by atoms with Crippen LogP contribution in [0.4, 0.5) is 0 Å². The fourth-order valence-corrected chi connectivity index (χ4v) is 2.52. The molecule has 0 spiro atoms. The van der Waals surface area contributed by atoms with Crippen LogP contribution in [0.3, 0.4) is 0 Å². The summed E-state index contributed by atoms with van der Waals surface area (Å²) in [5.41, 5.74) is 1.18. The molecule has 0 saturated carbocycles. The van der Waals surface area contributed by atoms with Crippen molar-refractivity contribution in [3.63, 3.8) is 0 Å². The van der Waals surface area contributed by atoms with Gasteiger partial charge in [0, 0.05) is 6.54 Å². The Balaban J connectivity index is 1.71. The van der Waals surface area contributed by atoms with Crippen molar-refractivity contribution < 1.29 is 9.59 Å². The van der Waals surface area contributed by atoms with E-state index in [9.17, 15) is 9.59 Å². The summed E-state index contributed by atoms with van der Waals surface area (Å²) in [4.78, 5) is 24.0. The molecule has 0 radical (unpaired) electrons. The molecule has 4 nitrogen and oxygen atoms in total. The van der Waals surface area contributed by atoms with Crippen LogP contribution in [0.15, 0.2) is 47.8 Å². The Kier molecular flexibility index (Phi) is 5.51. The molecule has 0 aliphatic heterocycles. The first-order valence-electron chi connectivity index (χ1n) is 6.80. The predicted molar refractivity (Wildman–Crippen MR) is 84.5 cm³/mol. The van der Waals surface area contributed by atoms with E-state index >= 15 is 0 Å². The van der Waals surface area contributed by atoms with E-state index in [1.807, 2.05) is 35.7 Å². The molecule has 0 aliphatic carbocycles. The topological polar surface area (TPSA) is 58.2 Å². The highest BCUT2D eigenvalue weighted by atomic mass is 32.1. The summed E-state index contributed by atoms with van der Waals surface area (Å²) in [6.45, 7) is 2.61. The van der Waals surface area contributed by atoms with Crippen LogP contribution < -0.4 is 10.6 Å². The second kappa shape index (κ2) is 7.59. The molecule has 2 amide bonds. The third-order valence-corrected chi connectivity index (χ3v) is 4.00. The number of benzene rings is 1. The van der Waals surface area contributed by atoms with Gasteiger partial charge >= 0.3 is 0 Å². The minimum Gasteiger partial charge on any atom is -0.354 e. The van der Waals surface area contributed by atoms with E-state index < -0.39 is 0 Å². The van der Waals surface area contributed by atoms with E-state index in [0.29, 0.717) is 11.4 Å². The van der Waals surface area contributed by atoms with Crippen LogP contribution in [-0.4, -0.2) is 24.9 Å². The zero-order valence-corrected chi connectivity index (χ0v) is 12.7. The molecule has 1 heterocycles. The highest BCUT2D eigenvalue weighted by molar-refractivity contribution is 7.12. The van der Waals surface area contributed by atoms with Crippen LogP contribution in [0.25, 0.3) is 0 Å². The number of carbonyl (C=O) groups excluding carboxylic acids is 2. The monoisotopic (exact) mass is 302 g/mol. The summed E-state index contributed by atoms with van der Waals surface area (Å²) in [6.07, 6.45) is 0. The van der Waals surface area contributed by atoms with E-state index in [-0.39, 0.29) is 24.3 Å². The lowest BCUT2D eigenvalue weighted by molar-refractivity contribution is -0.120. The first-order valence-corrected chi connectivity index (χ1v) is 7.68. The van der Waals surface area contributed by atoms with Crippen molar-refractivity contribution in [3.8, 4) is 0 Å². The molecule has 0 aliphatic rings. The molecule has 0 fully saturated rings. The van der Waals surface area contributed by atoms with Crippen molar-refractivity contribution in [2.75, 3.05) is 13.1 Å². The molecule has 5 heteroatoms. The lowest BCUT2D eigenvalue weighted by atomic mass is 10.0.